The van der Waals surface area contributed by atoms with Crippen LogP contribution in [0.2, 0.25) is 0 Å². The van der Waals surface area contributed by atoms with Crippen molar-refractivity contribution in [1.82, 2.24) is 40.8 Å². The van der Waals surface area contributed by atoms with Crippen molar-refractivity contribution in [2.75, 3.05) is 6.54 Å². The summed E-state index contributed by atoms with van der Waals surface area (Å²) in [5, 5.41) is 15.7. The number of oxazole rings is 1. The van der Waals surface area contributed by atoms with Crippen LogP contribution in [0.15, 0.2) is 65.5 Å². The zero-order valence-corrected chi connectivity index (χ0v) is 23.9. The van der Waals surface area contributed by atoms with E-state index in [2.05, 4.69) is 36.3 Å². The fourth-order valence-electron chi connectivity index (χ4n) is 4.84. The summed E-state index contributed by atoms with van der Waals surface area (Å²) in [4.78, 5) is 61.8. The highest BCUT2D eigenvalue weighted by atomic mass is 16.3. The highest BCUT2D eigenvalue weighted by Crippen LogP contribution is 2.22. The van der Waals surface area contributed by atoms with Crippen molar-refractivity contribution in [1.29, 1.82) is 0 Å². The van der Waals surface area contributed by atoms with Crippen molar-refractivity contribution in [3.8, 4) is 0 Å². The van der Waals surface area contributed by atoms with E-state index >= 15 is 0 Å². The molecule has 4 N–H and O–H groups in total. The zero-order chi connectivity index (χ0) is 30.3. The first-order valence-electron chi connectivity index (χ1n) is 14.3. The van der Waals surface area contributed by atoms with E-state index < -0.39 is 41.8 Å². The van der Waals surface area contributed by atoms with Gasteiger partial charge in [0.1, 0.15) is 24.4 Å². The van der Waals surface area contributed by atoms with Crippen molar-refractivity contribution >= 4 is 29.3 Å². The Bertz CT molecular complexity index is 1570. The van der Waals surface area contributed by atoms with Crippen LogP contribution in [-0.4, -0.2) is 61.8 Å². The molecule has 1 aliphatic heterocycles. The average Bonchev–Trinajstić information content (AvgIpc) is 3.66. The average molecular weight is 587 g/mol. The van der Waals surface area contributed by atoms with Crippen molar-refractivity contribution in [3.63, 3.8) is 0 Å². The number of fused-ring (bicyclic) bond motifs is 3. The first-order valence-corrected chi connectivity index (χ1v) is 14.3. The van der Waals surface area contributed by atoms with E-state index in [0.717, 1.165) is 5.56 Å². The molecular formula is C30H34N8O5. The summed E-state index contributed by atoms with van der Waals surface area (Å²) in [6, 6.07) is 9.95. The van der Waals surface area contributed by atoms with Gasteiger partial charge in [-0.2, -0.15) is 5.10 Å². The van der Waals surface area contributed by atoms with E-state index in [4.69, 9.17) is 4.42 Å². The molecule has 0 unspecified atom stereocenters. The molecule has 0 radical (unpaired) electrons. The number of nitrogens with one attached hydrogen (secondary N) is 4. The van der Waals surface area contributed by atoms with Crippen LogP contribution in [0.1, 0.15) is 71.6 Å². The fraction of sp³-hybridized carbons (Fsp3) is 0.367. The Morgan fingerprint density at radius 2 is 1.91 bits per heavy atom. The van der Waals surface area contributed by atoms with Gasteiger partial charge in [-0.15, -0.1) is 0 Å². The molecule has 13 nitrogen and oxygen atoms in total. The number of nitrogens with zero attached hydrogens (tertiary/aromatic N) is 4. The van der Waals surface area contributed by atoms with E-state index in [1.807, 2.05) is 44.2 Å². The Morgan fingerprint density at radius 3 is 2.67 bits per heavy atom. The Labute approximate surface area is 247 Å². The number of carbonyl (C=O) groups is 4. The third-order valence-electron chi connectivity index (χ3n) is 7.20. The molecule has 4 amide bonds. The van der Waals surface area contributed by atoms with Crippen LogP contribution >= 0.6 is 0 Å². The Balaban J connectivity index is 1.42. The van der Waals surface area contributed by atoms with E-state index in [0.29, 0.717) is 25.0 Å². The number of aromatic nitrogens is 4. The quantitative estimate of drug-likeness (QED) is 0.275. The molecule has 4 heterocycles. The minimum atomic E-state index is -0.972. The lowest BCUT2D eigenvalue weighted by Crippen LogP contribution is -2.55. The second-order valence-electron chi connectivity index (χ2n) is 10.8. The number of amides is 4. The molecule has 0 aliphatic carbocycles. The Kier molecular flexibility index (Phi) is 9.08. The number of carbonyl (C=O) groups excluding carboxylic acids is 4. The van der Waals surface area contributed by atoms with Gasteiger partial charge in [-0.25, -0.2) is 14.5 Å². The fourth-order valence-corrected chi connectivity index (χ4v) is 4.84. The van der Waals surface area contributed by atoms with Crippen LogP contribution in [0, 0.1) is 5.92 Å². The van der Waals surface area contributed by atoms with Gasteiger partial charge in [0.15, 0.2) is 17.0 Å². The SMILES string of the molecule is CC(C)[C@@H]1NC(=O)[C@H](Cc2ccccc2)NC(=O)[C@@H](NC(=O)c2cc3ncccn3n2)CCCCNC(=O)c2coc1n2. The first kappa shape index (κ1) is 29.4. The minimum Gasteiger partial charge on any atom is -0.446 e. The molecule has 5 rings (SSSR count). The molecule has 1 aliphatic rings. The van der Waals surface area contributed by atoms with Crippen molar-refractivity contribution < 1.29 is 23.6 Å². The summed E-state index contributed by atoms with van der Waals surface area (Å²) in [5.74, 6) is -1.86. The monoisotopic (exact) mass is 586 g/mol. The highest BCUT2D eigenvalue weighted by molar-refractivity contribution is 5.98. The molecule has 3 aromatic heterocycles. The molecule has 0 saturated carbocycles. The lowest BCUT2D eigenvalue weighted by atomic mass is 10.0. The maximum absolute atomic E-state index is 13.7. The summed E-state index contributed by atoms with van der Waals surface area (Å²) in [6.07, 6.45) is 6.05. The van der Waals surface area contributed by atoms with E-state index in [9.17, 15) is 19.2 Å². The summed E-state index contributed by atoms with van der Waals surface area (Å²) in [5.41, 5.74) is 1.55. The summed E-state index contributed by atoms with van der Waals surface area (Å²) in [6.45, 7) is 4.11. The lowest BCUT2D eigenvalue weighted by molar-refractivity contribution is -0.130. The third kappa shape index (κ3) is 7.23. The minimum absolute atomic E-state index is 0.105. The predicted octanol–water partition coefficient (Wildman–Crippen LogP) is 1.97. The van der Waals surface area contributed by atoms with Crippen LogP contribution in [0.25, 0.3) is 5.65 Å². The smallest absolute Gasteiger partial charge is 0.273 e. The first-order chi connectivity index (χ1) is 20.8. The van der Waals surface area contributed by atoms with Crippen molar-refractivity contribution in [2.24, 2.45) is 5.92 Å². The second-order valence-corrected chi connectivity index (χ2v) is 10.8. The third-order valence-corrected chi connectivity index (χ3v) is 7.20. The molecule has 0 saturated heterocycles. The van der Waals surface area contributed by atoms with Gasteiger partial charge in [-0.05, 0) is 36.8 Å². The predicted molar refractivity (Wildman–Crippen MR) is 155 cm³/mol. The van der Waals surface area contributed by atoms with Crippen LogP contribution in [-0.2, 0) is 16.0 Å². The summed E-state index contributed by atoms with van der Waals surface area (Å²) < 4.78 is 7.07. The molecule has 3 atom stereocenters. The standard InChI is InChI=1S/C30H34N8O5/c1-18(2)25-30-35-23(17-43-30)26(39)32-12-7-6-11-20(33-29(42)22-16-24-31-13-8-14-38(24)37-22)27(40)34-21(28(41)36-25)15-19-9-4-3-5-10-19/h3-5,8-10,13-14,16-18,20-21,25H,6-7,11-12,15H2,1-2H3,(H,32,39)(H,33,42)(H,34,40)(H,36,41)/t20-,21-,25-/m0/s1. The lowest BCUT2D eigenvalue weighted by Gasteiger charge is -2.26. The molecule has 13 heteroatoms. The molecule has 43 heavy (non-hydrogen) atoms. The molecule has 2 bridgehead atoms. The normalized spacial score (nSPS) is 20.3. The van der Waals surface area contributed by atoms with Gasteiger partial charge in [-0.1, -0.05) is 44.2 Å². The van der Waals surface area contributed by atoms with Gasteiger partial charge in [0.2, 0.25) is 17.7 Å². The second kappa shape index (κ2) is 13.3. The zero-order valence-electron chi connectivity index (χ0n) is 23.9. The van der Waals surface area contributed by atoms with Crippen LogP contribution in [0.3, 0.4) is 0 Å². The summed E-state index contributed by atoms with van der Waals surface area (Å²) in [7, 11) is 0. The molecule has 224 valence electrons. The largest absolute Gasteiger partial charge is 0.446 e. The maximum Gasteiger partial charge on any atom is 0.273 e. The van der Waals surface area contributed by atoms with Gasteiger partial charge in [-0.3, -0.25) is 19.2 Å². The van der Waals surface area contributed by atoms with Gasteiger partial charge < -0.3 is 25.7 Å². The van der Waals surface area contributed by atoms with Gasteiger partial charge in [0, 0.05) is 31.4 Å². The number of hydrogen-bond donors (Lipinski definition) is 4. The Hall–Kier alpha value is -5.07. The molecule has 4 aromatic rings. The maximum atomic E-state index is 13.7. The van der Waals surface area contributed by atoms with Crippen molar-refractivity contribution in [3.05, 3.63) is 84.0 Å². The van der Waals surface area contributed by atoms with Gasteiger partial charge in [0.05, 0.1) is 0 Å². The number of hydrogen-bond acceptors (Lipinski definition) is 8. The van der Waals surface area contributed by atoms with Crippen LogP contribution in [0.5, 0.6) is 0 Å². The molecular weight excluding hydrogens is 552 g/mol. The van der Waals surface area contributed by atoms with Gasteiger partial charge in [0.25, 0.3) is 11.8 Å². The topological polar surface area (TPSA) is 173 Å². The van der Waals surface area contributed by atoms with E-state index in [1.165, 1.54) is 16.8 Å². The molecule has 1 aromatic carbocycles. The van der Waals surface area contributed by atoms with Gasteiger partial charge >= 0.3 is 0 Å². The van der Waals surface area contributed by atoms with Crippen LogP contribution < -0.4 is 21.3 Å². The number of benzene rings is 1. The highest BCUT2D eigenvalue weighted by Gasteiger charge is 2.32. The molecule has 0 spiro atoms. The van der Waals surface area contributed by atoms with E-state index in [-0.39, 0.29) is 36.0 Å². The number of rotatable bonds is 5. The van der Waals surface area contributed by atoms with E-state index in [1.54, 1.807) is 18.5 Å². The Morgan fingerprint density at radius 1 is 1.09 bits per heavy atom. The molecule has 0 fully saturated rings. The van der Waals surface area contributed by atoms with Crippen LogP contribution in [0.4, 0.5) is 0 Å². The van der Waals surface area contributed by atoms with Crippen molar-refractivity contribution in [2.45, 2.75) is 57.7 Å². The summed E-state index contributed by atoms with van der Waals surface area (Å²) >= 11 is 0.